The molecule has 2 N–H and O–H groups in total. The second kappa shape index (κ2) is 3.96. The minimum Gasteiger partial charge on any atom is -0.386 e. The molecule has 0 aliphatic carbocycles. The van der Waals surface area contributed by atoms with E-state index in [1.807, 2.05) is 11.4 Å². The minimum atomic E-state index is -0.435. The molecule has 2 atom stereocenters. The molecular weight excluding hydrogens is 206 g/mol. The zero-order chi connectivity index (χ0) is 9.26. The highest BCUT2D eigenvalue weighted by atomic mass is 35.5. The van der Waals surface area contributed by atoms with Crippen molar-refractivity contribution in [1.82, 2.24) is 5.32 Å². The molecule has 1 fully saturated rings. The SMILES string of the molecule is OC(c1sccc1Cl)C1CCCN1. The molecule has 1 saturated heterocycles. The predicted octanol–water partition coefficient (Wildman–Crippen LogP) is 2.19. The topological polar surface area (TPSA) is 32.3 Å². The van der Waals surface area contributed by atoms with E-state index in [0.717, 1.165) is 24.3 Å². The van der Waals surface area contributed by atoms with Gasteiger partial charge in [0.25, 0.3) is 0 Å². The second-order valence-electron chi connectivity index (χ2n) is 3.28. The zero-order valence-corrected chi connectivity index (χ0v) is 8.74. The highest BCUT2D eigenvalue weighted by molar-refractivity contribution is 7.10. The number of rotatable bonds is 2. The van der Waals surface area contributed by atoms with Gasteiger partial charge in [-0.3, -0.25) is 0 Å². The van der Waals surface area contributed by atoms with Crippen molar-refractivity contribution < 1.29 is 5.11 Å². The van der Waals surface area contributed by atoms with Crippen LogP contribution in [0.5, 0.6) is 0 Å². The van der Waals surface area contributed by atoms with E-state index in [0.29, 0.717) is 5.02 Å². The first kappa shape index (κ1) is 9.46. The van der Waals surface area contributed by atoms with Gasteiger partial charge < -0.3 is 10.4 Å². The van der Waals surface area contributed by atoms with Crippen molar-refractivity contribution in [2.45, 2.75) is 25.0 Å². The molecule has 13 heavy (non-hydrogen) atoms. The molecule has 0 aromatic carbocycles. The highest BCUT2D eigenvalue weighted by Crippen LogP contribution is 2.32. The van der Waals surface area contributed by atoms with Crippen LogP contribution in [0.1, 0.15) is 23.8 Å². The van der Waals surface area contributed by atoms with Crippen molar-refractivity contribution in [3.63, 3.8) is 0 Å². The van der Waals surface area contributed by atoms with Gasteiger partial charge in [0.2, 0.25) is 0 Å². The summed E-state index contributed by atoms with van der Waals surface area (Å²) in [5.41, 5.74) is 0. The molecule has 2 unspecified atom stereocenters. The summed E-state index contributed by atoms with van der Waals surface area (Å²) in [4.78, 5) is 0.890. The third-order valence-electron chi connectivity index (χ3n) is 2.39. The van der Waals surface area contributed by atoms with E-state index >= 15 is 0 Å². The number of halogens is 1. The summed E-state index contributed by atoms with van der Waals surface area (Å²) in [5.74, 6) is 0. The van der Waals surface area contributed by atoms with E-state index in [1.165, 1.54) is 11.3 Å². The fourth-order valence-electron chi connectivity index (χ4n) is 1.68. The molecule has 2 rings (SSSR count). The van der Waals surface area contributed by atoms with Crippen LogP contribution >= 0.6 is 22.9 Å². The molecular formula is C9H12ClNOS. The Balaban J connectivity index is 2.12. The van der Waals surface area contributed by atoms with E-state index in [9.17, 15) is 5.11 Å². The van der Waals surface area contributed by atoms with E-state index in [1.54, 1.807) is 0 Å². The van der Waals surface area contributed by atoms with Gasteiger partial charge in [0, 0.05) is 6.04 Å². The average molecular weight is 218 g/mol. The first-order valence-corrected chi connectivity index (χ1v) is 5.69. The molecule has 0 amide bonds. The lowest BCUT2D eigenvalue weighted by Gasteiger charge is -2.17. The molecule has 0 radical (unpaired) electrons. The Morgan fingerprint density at radius 2 is 2.54 bits per heavy atom. The van der Waals surface area contributed by atoms with Crippen molar-refractivity contribution in [3.8, 4) is 0 Å². The van der Waals surface area contributed by atoms with E-state index in [2.05, 4.69) is 5.32 Å². The summed E-state index contributed by atoms with van der Waals surface area (Å²) >= 11 is 7.46. The van der Waals surface area contributed by atoms with Crippen LogP contribution in [0.2, 0.25) is 5.02 Å². The third kappa shape index (κ3) is 1.89. The summed E-state index contributed by atoms with van der Waals surface area (Å²) < 4.78 is 0. The van der Waals surface area contributed by atoms with Gasteiger partial charge in [-0.1, -0.05) is 11.6 Å². The summed E-state index contributed by atoms with van der Waals surface area (Å²) in [7, 11) is 0. The van der Waals surface area contributed by atoms with Crippen molar-refractivity contribution in [2.75, 3.05) is 6.54 Å². The maximum Gasteiger partial charge on any atom is 0.105 e. The minimum absolute atomic E-state index is 0.191. The van der Waals surface area contributed by atoms with Crippen LogP contribution < -0.4 is 5.32 Å². The first-order valence-electron chi connectivity index (χ1n) is 4.43. The lowest BCUT2D eigenvalue weighted by molar-refractivity contribution is 0.141. The van der Waals surface area contributed by atoms with Gasteiger partial charge in [-0.05, 0) is 30.8 Å². The Bertz CT molecular complexity index is 283. The third-order valence-corrected chi connectivity index (χ3v) is 3.82. The molecule has 1 aliphatic heterocycles. The molecule has 2 nitrogen and oxygen atoms in total. The van der Waals surface area contributed by atoms with Gasteiger partial charge >= 0.3 is 0 Å². The van der Waals surface area contributed by atoms with Gasteiger partial charge in [-0.25, -0.2) is 0 Å². The number of hydrogen-bond donors (Lipinski definition) is 2. The van der Waals surface area contributed by atoms with Crippen molar-refractivity contribution in [3.05, 3.63) is 21.3 Å². The van der Waals surface area contributed by atoms with E-state index < -0.39 is 6.10 Å². The predicted molar refractivity (Wildman–Crippen MR) is 55.3 cm³/mol. The molecule has 1 aromatic rings. The van der Waals surface area contributed by atoms with Crippen LogP contribution in [0.3, 0.4) is 0 Å². The second-order valence-corrected chi connectivity index (χ2v) is 4.64. The van der Waals surface area contributed by atoms with Gasteiger partial charge in [0.05, 0.1) is 9.90 Å². The summed E-state index contributed by atoms with van der Waals surface area (Å²) in [6.45, 7) is 1.00. The number of nitrogens with one attached hydrogen (secondary N) is 1. The lowest BCUT2D eigenvalue weighted by Crippen LogP contribution is -2.28. The molecule has 72 valence electrons. The summed E-state index contributed by atoms with van der Waals surface area (Å²) in [6, 6.07) is 2.02. The lowest BCUT2D eigenvalue weighted by atomic mass is 10.1. The van der Waals surface area contributed by atoms with Crippen molar-refractivity contribution >= 4 is 22.9 Å². The molecule has 0 bridgehead atoms. The average Bonchev–Trinajstić information content (AvgIpc) is 2.72. The van der Waals surface area contributed by atoms with Gasteiger partial charge in [-0.2, -0.15) is 0 Å². The maximum absolute atomic E-state index is 9.95. The van der Waals surface area contributed by atoms with Gasteiger partial charge in [-0.15, -0.1) is 11.3 Å². The molecule has 4 heteroatoms. The number of aliphatic hydroxyl groups excluding tert-OH is 1. The number of aliphatic hydroxyl groups is 1. The summed E-state index contributed by atoms with van der Waals surface area (Å²) in [6.07, 6.45) is 1.75. The van der Waals surface area contributed by atoms with Crippen molar-refractivity contribution in [2.24, 2.45) is 0 Å². The molecule has 2 heterocycles. The van der Waals surface area contributed by atoms with Crippen LogP contribution in [0, 0.1) is 0 Å². The molecule has 0 saturated carbocycles. The quantitative estimate of drug-likeness (QED) is 0.796. The molecule has 1 aliphatic rings. The zero-order valence-electron chi connectivity index (χ0n) is 7.16. The standard InChI is InChI=1S/C9H12ClNOS/c10-6-3-5-13-9(6)8(12)7-2-1-4-11-7/h3,5,7-8,11-12H,1-2,4H2. The first-order chi connectivity index (χ1) is 6.29. The Morgan fingerprint density at radius 1 is 1.69 bits per heavy atom. The fourth-order valence-corrected chi connectivity index (χ4v) is 2.90. The highest BCUT2D eigenvalue weighted by Gasteiger charge is 2.26. The van der Waals surface area contributed by atoms with E-state index in [-0.39, 0.29) is 6.04 Å². The Labute approximate surface area is 86.5 Å². The van der Waals surface area contributed by atoms with Crippen LogP contribution in [0.4, 0.5) is 0 Å². The number of hydrogen-bond acceptors (Lipinski definition) is 3. The smallest absolute Gasteiger partial charge is 0.105 e. The molecule has 1 aromatic heterocycles. The summed E-state index contributed by atoms with van der Waals surface area (Å²) in [5, 5.41) is 15.8. The van der Waals surface area contributed by atoms with Crippen LogP contribution in [-0.4, -0.2) is 17.7 Å². The Hall–Kier alpha value is -0.0900. The van der Waals surface area contributed by atoms with Crippen LogP contribution in [0.25, 0.3) is 0 Å². The van der Waals surface area contributed by atoms with Crippen molar-refractivity contribution in [1.29, 1.82) is 0 Å². The number of thiophene rings is 1. The molecule has 0 spiro atoms. The normalized spacial score (nSPS) is 24.9. The Kier molecular flexibility index (Phi) is 2.89. The monoisotopic (exact) mass is 217 g/mol. The largest absolute Gasteiger partial charge is 0.386 e. The van der Waals surface area contributed by atoms with Gasteiger partial charge in [0.15, 0.2) is 0 Å². The van der Waals surface area contributed by atoms with Gasteiger partial charge in [0.1, 0.15) is 6.10 Å². The van der Waals surface area contributed by atoms with E-state index in [4.69, 9.17) is 11.6 Å². The Morgan fingerprint density at radius 3 is 3.08 bits per heavy atom. The maximum atomic E-state index is 9.95. The van der Waals surface area contributed by atoms with Crippen LogP contribution in [-0.2, 0) is 0 Å². The van der Waals surface area contributed by atoms with Crippen LogP contribution in [0.15, 0.2) is 11.4 Å². The fraction of sp³-hybridized carbons (Fsp3) is 0.556.